The Kier molecular flexibility index (Phi) is 3.75. The number of para-hydroxylation sites is 1. The van der Waals surface area contributed by atoms with Gasteiger partial charge in [-0.3, -0.25) is 0 Å². The fourth-order valence-corrected chi connectivity index (χ4v) is 2.89. The zero-order valence-corrected chi connectivity index (χ0v) is 12.2. The van der Waals surface area contributed by atoms with Crippen LogP contribution in [0.1, 0.15) is 23.1 Å². The Hall–Kier alpha value is -1.80. The van der Waals surface area contributed by atoms with Crippen molar-refractivity contribution in [1.82, 2.24) is 5.32 Å². The van der Waals surface area contributed by atoms with Gasteiger partial charge in [0.05, 0.1) is 6.61 Å². The Bertz CT molecular complexity index is 619. The van der Waals surface area contributed by atoms with E-state index >= 15 is 0 Å². The molecular weight excluding hydrogens is 246 g/mol. The van der Waals surface area contributed by atoms with E-state index in [9.17, 15) is 0 Å². The average Bonchev–Trinajstić information content (AvgIpc) is 2.49. The second-order valence-electron chi connectivity index (χ2n) is 5.44. The number of ether oxygens (including phenoxy) is 1. The first-order valence-corrected chi connectivity index (χ1v) is 7.29. The summed E-state index contributed by atoms with van der Waals surface area (Å²) in [6.45, 7) is 3.85. The number of hydrogen-bond acceptors (Lipinski definition) is 2. The Balaban J connectivity index is 2.15. The quantitative estimate of drug-likeness (QED) is 0.915. The van der Waals surface area contributed by atoms with E-state index in [0.29, 0.717) is 0 Å². The van der Waals surface area contributed by atoms with Crippen molar-refractivity contribution in [3.05, 3.63) is 53.1 Å². The summed E-state index contributed by atoms with van der Waals surface area (Å²) in [7, 11) is 1.99. The molecule has 2 aromatic rings. The first kappa shape index (κ1) is 13.2. The van der Waals surface area contributed by atoms with Crippen LogP contribution in [0.2, 0.25) is 0 Å². The summed E-state index contributed by atoms with van der Waals surface area (Å²) in [6.07, 6.45) is 2.24. The molecule has 0 aromatic heterocycles. The summed E-state index contributed by atoms with van der Waals surface area (Å²) in [5.74, 6) is 1.08. The van der Waals surface area contributed by atoms with Crippen molar-refractivity contribution in [2.75, 3.05) is 13.7 Å². The number of fused-ring (bicyclic) bond motifs is 1. The van der Waals surface area contributed by atoms with Crippen LogP contribution >= 0.6 is 0 Å². The molecule has 0 spiro atoms. The van der Waals surface area contributed by atoms with Gasteiger partial charge in [-0.25, -0.2) is 0 Å². The van der Waals surface area contributed by atoms with Gasteiger partial charge in [0.1, 0.15) is 5.75 Å². The van der Waals surface area contributed by atoms with Crippen LogP contribution in [0.25, 0.3) is 11.1 Å². The molecule has 1 heterocycles. The van der Waals surface area contributed by atoms with Gasteiger partial charge in [0, 0.05) is 12.1 Å². The third-order valence-corrected chi connectivity index (χ3v) is 3.86. The monoisotopic (exact) mass is 267 g/mol. The Morgan fingerprint density at radius 3 is 2.90 bits per heavy atom. The minimum atomic E-state index is 0.831. The van der Waals surface area contributed by atoms with Crippen molar-refractivity contribution >= 4 is 0 Å². The first-order chi connectivity index (χ1) is 9.79. The van der Waals surface area contributed by atoms with Gasteiger partial charge < -0.3 is 10.1 Å². The lowest BCUT2D eigenvalue weighted by Gasteiger charge is -2.22. The van der Waals surface area contributed by atoms with Crippen molar-refractivity contribution in [1.29, 1.82) is 0 Å². The second-order valence-corrected chi connectivity index (χ2v) is 5.44. The van der Waals surface area contributed by atoms with Crippen molar-refractivity contribution in [3.63, 3.8) is 0 Å². The second kappa shape index (κ2) is 5.68. The highest BCUT2D eigenvalue weighted by Crippen LogP contribution is 2.38. The van der Waals surface area contributed by atoms with Crippen LogP contribution in [0.15, 0.2) is 36.4 Å². The highest BCUT2D eigenvalue weighted by atomic mass is 16.5. The standard InChI is InChI=1S/C18H21NO/c1-13-8-9-15(12-19-2)17(11-13)16-7-3-5-14-6-4-10-20-18(14)16/h3,5,7-9,11,19H,4,6,10,12H2,1-2H3. The molecule has 0 unspecified atom stereocenters. The maximum atomic E-state index is 5.96. The molecule has 2 nitrogen and oxygen atoms in total. The first-order valence-electron chi connectivity index (χ1n) is 7.29. The van der Waals surface area contributed by atoms with Crippen LogP contribution in [0.5, 0.6) is 5.75 Å². The molecule has 1 N–H and O–H groups in total. The Morgan fingerprint density at radius 1 is 1.15 bits per heavy atom. The summed E-state index contributed by atoms with van der Waals surface area (Å²) in [4.78, 5) is 0. The van der Waals surface area contributed by atoms with Gasteiger partial charge in [0.25, 0.3) is 0 Å². The zero-order valence-electron chi connectivity index (χ0n) is 12.2. The van der Waals surface area contributed by atoms with Gasteiger partial charge in [-0.05, 0) is 43.5 Å². The van der Waals surface area contributed by atoms with Crippen LogP contribution in [-0.2, 0) is 13.0 Å². The molecule has 0 saturated heterocycles. The minimum absolute atomic E-state index is 0.831. The van der Waals surface area contributed by atoms with Crippen LogP contribution < -0.4 is 10.1 Å². The van der Waals surface area contributed by atoms with Gasteiger partial charge in [0.2, 0.25) is 0 Å². The van der Waals surface area contributed by atoms with E-state index in [1.54, 1.807) is 0 Å². The van der Waals surface area contributed by atoms with Crippen LogP contribution in [0.3, 0.4) is 0 Å². The average molecular weight is 267 g/mol. The number of benzene rings is 2. The van der Waals surface area contributed by atoms with Crippen LogP contribution in [0.4, 0.5) is 0 Å². The lowest BCUT2D eigenvalue weighted by Crippen LogP contribution is -2.10. The zero-order chi connectivity index (χ0) is 13.9. The molecule has 0 fully saturated rings. The number of hydrogen-bond donors (Lipinski definition) is 1. The predicted molar refractivity (Wildman–Crippen MR) is 83.2 cm³/mol. The molecule has 3 rings (SSSR count). The van der Waals surface area contributed by atoms with Crippen LogP contribution in [-0.4, -0.2) is 13.7 Å². The number of rotatable bonds is 3. The van der Waals surface area contributed by atoms with E-state index in [0.717, 1.165) is 31.7 Å². The van der Waals surface area contributed by atoms with E-state index in [4.69, 9.17) is 4.74 Å². The van der Waals surface area contributed by atoms with Crippen LogP contribution in [0, 0.1) is 6.92 Å². The molecule has 0 atom stereocenters. The van der Waals surface area contributed by atoms with Crippen molar-refractivity contribution < 1.29 is 4.74 Å². The van der Waals surface area contributed by atoms with E-state index in [1.807, 2.05) is 7.05 Å². The van der Waals surface area contributed by atoms with E-state index in [2.05, 4.69) is 48.6 Å². The fraction of sp³-hybridized carbons (Fsp3) is 0.333. The fourth-order valence-electron chi connectivity index (χ4n) is 2.89. The molecule has 0 bridgehead atoms. The van der Waals surface area contributed by atoms with Gasteiger partial charge in [0.15, 0.2) is 0 Å². The summed E-state index contributed by atoms with van der Waals surface area (Å²) in [5, 5.41) is 3.25. The molecule has 1 aliphatic heterocycles. The smallest absolute Gasteiger partial charge is 0.130 e. The molecule has 0 aliphatic carbocycles. The molecule has 2 aromatic carbocycles. The largest absolute Gasteiger partial charge is 0.493 e. The van der Waals surface area contributed by atoms with Crippen molar-refractivity contribution in [2.24, 2.45) is 0 Å². The molecule has 1 aliphatic rings. The maximum absolute atomic E-state index is 5.96. The molecule has 0 amide bonds. The summed E-state index contributed by atoms with van der Waals surface area (Å²) >= 11 is 0. The SMILES string of the molecule is CNCc1ccc(C)cc1-c1cccc2c1OCCC2. The minimum Gasteiger partial charge on any atom is -0.493 e. The van der Waals surface area contributed by atoms with Gasteiger partial charge >= 0.3 is 0 Å². The number of nitrogens with one attached hydrogen (secondary N) is 1. The summed E-state index contributed by atoms with van der Waals surface area (Å²) < 4.78 is 5.96. The van der Waals surface area contributed by atoms with Gasteiger partial charge in [-0.15, -0.1) is 0 Å². The summed E-state index contributed by atoms with van der Waals surface area (Å²) in [6, 6.07) is 13.2. The van der Waals surface area contributed by atoms with Crippen molar-refractivity contribution in [3.8, 4) is 16.9 Å². The molecule has 0 saturated carbocycles. The molecule has 104 valence electrons. The highest BCUT2D eigenvalue weighted by molar-refractivity contribution is 5.75. The van der Waals surface area contributed by atoms with Crippen molar-refractivity contribution in [2.45, 2.75) is 26.3 Å². The molecule has 0 radical (unpaired) electrons. The topological polar surface area (TPSA) is 21.3 Å². The number of aryl methyl sites for hydroxylation is 2. The molecule has 2 heteroatoms. The summed E-state index contributed by atoms with van der Waals surface area (Å²) in [5.41, 5.74) is 6.47. The molecular formula is C18H21NO. The van der Waals surface area contributed by atoms with E-state index < -0.39 is 0 Å². The lowest BCUT2D eigenvalue weighted by molar-refractivity contribution is 0.289. The maximum Gasteiger partial charge on any atom is 0.130 e. The van der Waals surface area contributed by atoms with E-state index in [1.165, 1.54) is 27.8 Å². The predicted octanol–water partition coefficient (Wildman–Crippen LogP) is 3.71. The Morgan fingerprint density at radius 2 is 2.05 bits per heavy atom. The van der Waals surface area contributed by atoms with Gasteiger partial charge in [-0.1, -0.05) is 42.0 Å². The molecule has 20 heavy (non-hydrogen) atoms. The highest BCUT2D eigenvalue weighted by Gasteiger charge is 2.17. The third-order valence-electron chi connectivity index (χ3n) is 3.86. The lowest BCUT2D eigenvalue weighted by atomic mass is 9.93. The Labute approximate surface area is 120 Å². The normalized spacial score (nSPS) is 13.7. The third kappa shape index (κ3) is 2.44. The van der Waals surface area contributed by atoms with Gasteiger partial charge in [-0.2, -0.15) is 0 Å². The van der Waals surface area contributed by atoms with E-state index in [-0.39, 0.29) is 0 Å².